The van der Waals surface area contributed by atoms with Crippen molar-refractivity contribution in [2.45, 2.75) is 11.4 Å². The van der Waals surface area contributed by atoms with Gasteiger partial charge in [-0.2, -0.15) is 5.21 Å². The molecule has 18 heavy (non-hydrogen) atoms. The van der Waals surface area contributed by atoms with E-state index in [2.05, 4.69) is 25.9 Å². The zero-order valence-corrected chi connectivity index (χ0v) is 9.98. The molecule has 0 aliphatic carbocycles. The number of sulfonamides is 1. The highest BCUT2D eigenvalue weighted by Gasteiger charge is 2.10. The van der Waals surface area contributed by atoms with E-state index in [1.165, 1.54) is 18.2 Å². The molecule has 2 aromatic rings. The van der Waals surface area contributed by atoms with Crippen molar-refractivity contribution in [3.63, 3.8) is 0 Å². The number of tetrazole rings is 1. The number of primary sulfonamides is 1. The van der Waals surface area contributed by atoms with Gasteiger partial charge in [-0.05, 0) is 18.2 Å². The summed E-state index contributed by atoms with van der Waals surface area (Å²) in [4.78, 5) is -0.0369. The highest BCUT2D eigenvalue weighted by Crippen LogP contribution is 2.22. The van der Waals surface area contributed by atoms with E-state index in [1.807, 2.05) is 0 Å². The van der Waals surface area contributed by atoms with Crippen LogP contribution in [0.5, 0.6) is 0 Å². The van der Waals surface area contributed by atoms with E-state index >= 15 is 0 Å². The molecule has 0 aliphatic heterocycles. The van der Waals surface area contributed by atoms with Gasteiger partial charge in [0.2, 0.25) is 10.0 Å². The molecule has 10 heteroatoms. The lowest BCUT2D eigenvalue weighted by Gasteiger charge is -2.08. The van der Waals surface area contributed by atoms with Crippen molar-refractivity contribution in [3.05, 3.63) is 24.0 Å². The molecule has 0 unspecified atom stereocenters. The number of benzene rings is 1. The zero-order valence-electron chi connectivity index (χ0n) is 9.16. The molecule has 0 aliphatic rings. The van der Waals surface area contributed by atoms with E-state index in [4.69, 9.17) is 10.9 Å². The first-order valence-electron chi connectivity index (χ1n) is 4.85. The van der Waals surface area contributed by atoms with Crippen LogP contribution in [0.1, 0.15) is 5.82 Å². The molecular weight excluding hydrogens is 258 g/mol. The first kappa shape index (κ1) is 12.3. The van der Waals surface area contributed by atoms with Gasteiger partial charge in [-0.3, -0.25) is 0 Å². The topological polar surface area (TPSA) is 153 Å². The number of hydrogen-bond acceptors (Lipinski definition) is 7. The summed E-state index contributed by atoms with van der Waals surface area (Å²) in [5.74, 6) is 0.463. The number of nitrogens with two attached hydrogens (primary N) is 2. The Balaban J connectivity index is 2.15. The number of anilines is 2. The second-order valence-electron chi connectivity index (χ2n) is 3.48. The predicted molar refractivity (Wildman–Crippen MR) is 63.7 cm³/mol. The molecule has 2 rings (SSSR count). The van der Waals surface area contributed by atoms with Crippen molar-refractivity contribution in [2.24, 2.45) is 5.14 Å². The quantitative estimate of drug-likeness (QED) is 0.521. The number of aromatic amines is 1. The number of hydrogen-bond donors (Lipinski definition) is 4. The van der Waals surface area contributed by atoms with Crippen LogP contribution in [-0.2, 0) is 16.6 Å². The maximum absolute atomic E-state index is 11.1. The Morgan fingerprint density at radius 2 is 2.17 bits per heavy atom. The maximum Gasteiger partial charge on any atom is 0.238 e. The van der Waals surface area contributed by atoms with Crippen LogP contribution in [0.2, 0.25) is 0 Å². The summed E-state index contributed by atoms with van der Waals surface area (Å²) in [6.45, 7) is 0.315. The molecule has 1 aromatic carbocycles. The van der Waals surface area contributed by atoms with Gasteiger partial charge in [0.25, 0.3) is 0 Å². The summed E-state index contributed by atoms with van der Waals surface area (Å²) in [7, 11) is -3.75. The third-order valence-corrected chi connectivity index (χ3v) is 3.09. The SMILES string of the molecule is Nc1cc(S(N)(=O)=O)ccc1NCc1nn[nH]n1. The first-order valence-corrected chi connectivity index (χ1v) is 6.40. The normalized spacial score (nSPS) is 11.4. The molecule has 0 bridgehead atoms. The van der Waals surface area contributed by atoms with Crippen LogP contribution in [0, 0.1) is 0 Å². The van der Waals surface area contributed by atoms with E-state index in [0.717, 1.165) is 0 Å². The zero-order chi connectivity index (χ0) is 13.2. The smallest absolute Gasteiger partial charge is 0.238 e. The molecular formula is C8H11N7O2S. The molecule has 96 valence electrons. The van der Waals surface area contributed by atoms with Gasteiger partial charge in [0.05, 0.1) is 22.8 Å². The number of H-pyrrole nitrogens is 1. The fraction of sp³-hybridized carbons (Fsp3) is 0.125. The van der Waals surface area contributed by atoms with Gasteiger partial charge in [0.15, 0.2) is 5.82 Å². The van der Waals surface area contributed by atoms with Crippen LogP contribution in [0.25, 0.3) is 0 Å². The van der Waals surface area contributed by atoms with Crippen LogP contribution < -0.4 is 16.2 Å². The van der Waals surface area contributed by atoms with Crippen LogP contribution in [-0.4, -0.2) is 29.0 Å². The number of aromatic nitrogens is 4. The Labute approximate surface area is 103 Å². The third kappa shape index (κ3) is 2.73. The number of nitrogens with zero attached hydrogens (tertiary/aromatic N) is 3. The Bertz CT molecular complexity index is 637. The fourth-order valence-electron chi connectivity index (χ4n) is 1.31. The highest BCUT2D eigenvalue weighted by atomic mass is 32.2. The van der Waals surface area contributed by atoms with Gasteiger partial charge in [0, 0.05) is 0 Å². The van der Waals surface area contributed by atoms with Crippen LogP contribution in [0.15, 0.2) is 23.1 Å². The molecule has 6 N–H and O–H groups in total. The summed E-state index contributed by atoms with van der Waals surface area (Å²) in [5.41, 5.74) is 6.54. The summed E-state index contributed by atoms with van der Waals surface area (Å²) in [6.07, 6.45) is 0. The molecule has 1 heterocycles. The summed E-state index contributed by atoms with van der Waals surface area (Å²) < 4.78 is 22.2. The largest absolute Gasteiger partial charge is 0.397 e. The van der Waals surface area contributed by atoms with Crippen LogP contribution in [0.4, 0.5) is 11.4 Å². The van der Waals surface area contributed by atoms with Crippen molar-refractivity contribution in [1.82, 2.24) is 20.6 Å². The van der Waals surface area contributed by atoms with Gasteiger partial charge in [-0.25, -0.2) is 13.6 Å². The van der Waals surface area contributed by atoms with Gasteiger partial charge in [-0.1, -0.05) is 5.21 Å². The van der Waals surface area contributed by atoms with Crippen molar-refractivity contribution in [1.29, 1.82) is 0 Å². The maximum atomic E-state index is 11.1. The van der Waals surface area contributed by atoms with E-state index < -0.39 is 10.0 Å². The lowest BCUT2D eigenvalue weighted by atomic mass is 10.2. The second kappa shape index (κ2) is 4.58. The monoisotopic (exact) mass is 269 g/mol. The molecule has 0 radical (unpaired) electrons. The fourth-order valence-corrected chi connectivity index (χ4v) is 1.86. The van der Waals surface area contributed by atoms with Crippen LogP contribution in [0.3, 0.4) is 0 Å². The number of rotatable bonds is 4. The highest BCUT2D eigenvalue weighted by molar-refractivity contribution is 7.89. The van der Waals surface area contributed by atoms with E-state index in [-0.39, 0.29) is 10.6 Å². The van der Waals surface area contributed by atoms with Gasteiger partial charge in [0.1, 0.15) is 0 Å². The van der Waals surface area contributed by atoms with Crippen molar-refractivity contribution >= 4 is 21.4 Å². The molecule has 0 saturated heterocycles. The minimum absolute atomic E-state index is 0.0369. The Kier molecular flexibility index (Phi) is 3.12. The minimum Gasteiger partial charge on any atom is -0.397 e. The lowest BCUT2D eigenvalue weighted by molar-refractivity contribution is 0.598. The molecule has 9 nitrogen and oxygen atoms in total. The lowest BCUT2D eigenvalue weighted by Crippen LogP contribution is -2.13. The molecule has 0 saturated carbocycles. The molecule has 0 amide bonds. The van der Waals surface area contributed by atoms with Gasteiger partial charge >= 0.3 is 0 Å². The summed E-state index contributed by atoms with van der Waals surface area (Å²) in [6, 6.07) is 4.17. The van der Waals surface area contributed by atoms with E-state index in [9.17, 15) is 8.42 Å². The minimum atomic E-state index is -3.75. The molecule has 0 atom stereocenters. The third-order valence-electron chi connectivity index (χ3n) is 2.18. The average molecular weight is 269 g/mol. The predicted octanol–water partition coefficient (Wildman–Crippen LogP) is -0.959. The van der Waals surface area contributed by atoms with E-state index in [1.54, 1.807) is 0 Å². The molecule has 0 fully saturated rings. The average Bonchev–Trinajstić information content (AvgIpc) is 2.79. The van der Waals surface area contributed by atoms with Crippen molar-refractivity contribution in [3.8, 4) is 0 Å². The van der Waals surface area contributed by atoms with Crippen molar-refractivity contribution < 1.29 is 8.42 Å². The first-order chi connectivity index (χ1) is 8.47. The molecule has 0 spiro atoms. The Morgan fingerprint density at radius 1 is 1.39 bits per heavy atom. The van der Waals surface area contributed by atoms with Gasteiger partial charge < -0.3 is 11.1 Å². The number of nitrogen functional groups attached to an aromatic ring is 1. The van der Waals surface area contributed by atoms with E-state index in [0.29, 0.717) is 18.1 Å². The standard InChI is InChI=1S/C8H11N7O2S/c9-6-3-5(18(10,16)17)1-2-7(6)11-4-8-12-14-15-13-8/h1-3,11H,4,9H2,(H2,10,16,17)(H,12,13,14,15). The van der Waals surface area contributed by atoms with Crippen LogP contribution >= 0.6 is 0 Å². The van der Waals surface area contributed by atoms with Gasteiger partial charge in [-0.15, -0.1) is 10.2 Å². The number of nitrogens with one attached hydrogen (secondary N) is 2. The summed E-state index contributed by atoms with van der Waals surface area (Å²) >= 11 is 0. The Hall–Kier alpha value is -2.20. The summed E-state index contributed by atoms with van der Waals surface area (Å²) in [5, 5.41) is 21.2. The molecule has 1 aromatic heterocycles. The Morgan fingerprint density at radius 3 is 2.72 bits per heavy atom. The second-order valence-corrected chi connectivity index (χ2v) is 5.04. The van der Waals surface area contributed by atoms with Crippen molar-refractivity contribution in [2.75, 3.05) is 11.1 Å².